The molecule has 7 nitrogen and oxygen atoms in total. The minimum Gasteiger partial charge on any atom is -0.494 e. The maximum absolute atomic E-state index is 12.6. The first kappa shape index (κ1) is 18.6. The van der Waals surface area contributed by atoms with Crippen LogP contribution in [0.25, 0.3) is 11.0 Å². The number of aromatic amines is 1. The molecule has 0 spiro atoms. The second-order valence-corrected chi connectivity index (χ2v) is 7.46. The van der Waals surface area contributed by atoms with Crippen LogP contribution in [0.2, 0.25) is 0 Å². The lowest BCUT2D eigenvalue weighted by molar-refractivity contribution is -0.128. The van der Waals surface area contributed by atoms with Gasteiger partial charge < -0.3 is 19.5 Å². The number of nitrogens with zero attached hydrogens (tertiary/aromatic N) is 4. The Morgan fingerprint density at radius 1 is 1.21 bits per heavy atom. The number of rotatable bonds is 6. The third kappa shape index (κ3) is 4.22. The van der Waals surface area contributed by atoms with Gasteiger partial charge in [-0.3, -0.25) is 4.79 Å². The smallest absolute Gasteiger partial charge is 0.233 e. The predicted molar refractivity (Wildman–Crippen MR) is 111 cm³/mol. The molecule has 0 atom stereocenters. The van der Waals surface area contributed by atoms with Crippen LogP contribution < -0.4 is 9.64 Å². The lowest BCUT2D eigenvalue weighted by Gasteiger charge is -2.35. The van der Waals surface area contributed by atoms with Gasteiger partial charge in [0.15, 0.2) is 5.16 Å². The van der Waals surface area contributed by atoms with Crippen molar-refractivity contribution in [2.75, 3.05) is 43.4 Å². The van der Waals surface area contributed by atoms with Crippen molar-refractivity contribution in [1.29, 1.82) is 0 Å². The minimum absolute atomic E-state index is 0.140. The van der Waals surface area contributed by atoms with E-state index in [9.17, 15) is 4.79 Å². The molecule has 0 bridgehead atoms. The average Bonchev–Trinajstić information content (AvgIpc) is 3.15. The van der Waals surface area contributed by atoms with E-state index in [1.165, 1.54) is 11.8 Å². The van der Waals surface area contributed by atoms with Crippen molar-refractivity contribution >= 4 is 34.5 Å². The van der Waals surface area contributed by atoms with E-state index in [1.54, 1.807) is 6.20 Å². The summed E-state index contributed by atoms with van der Waals surface area (Å²) in [4.78, 5) is 28.9. The summed E-state index contributed by atoms with van der Waals surface area (Å²) in [5.74, 6) is 2.30. The van der Waals surface area contributed by atoms with Crippen LogP contribution >= 0.6 is 11.8 Å². The number of anilines is 1. The van der Waals surface area contributed by atoms with Gasteiger partial charge in [0.25, 0.3) is 0 Å². The number of aromatic nitrogens is 3. The molecule has 3 heterocycles. The zero-order valence-electron chi connectivity index (χ0n) is 15.8. The number of fused-ring (bicyclic) bond motifs is 1. The fourth-order valence-corrected chi connectivity index (χ4v) is 4.03. The van der Waals surface area contributed by atoms with Crippen molar-refractivity contribution in [2.45, 2.75) is 12.1 Å². The van der Waals surface area contributed by atoms with Crippen LogP contribution in [0.4, 0.5) is 5.82 Å². The van der Waals surface area contributed by atoms with Gasteiger partial charge in [-0.05, 0) is 31.2 Å². The highest BCUT2D eigenvalue weighted by Gasteiger charge is 2.22. The molecule has 0 radical (unpaired) electrons. The monoisotopic (exact) mass is 397 g/mol. The molecular weight excluding hydrogens is 374 g/mol. The van der Waals surface area contributed by atoms with Crippen LogP contribution in [-0.2, 0) is 4.79 Å². The molecule has 8 heteroatoms. The first-order chi connectivity index (χ1) is 13.7. The van der Waals surface area contributed by atoms with E-state index in [2.05, 4.69) is 19.9 Å². The standard InChI is InChI=1S/C20H23N5O2S/c1-2-27-15-6-7-16-17(13-15)23-20(22-16)28-14-19(26)25-11-9-24(10-12-25)18-5-3-4-8-21-18/h3-8,13H,2,9-12,14H2,1H3,(H,22,23). The molecule has 0 unspecified atom stereocenters. The van der Waals surface area contributed by atoms with Crippen LogP contribution in [0, 0.1) is 0 Å². The maximum Gasteiger partial charge on any atom is 0.233 e. The number of piperazine rings is 1. The van der Waals surface area contributed by atoms with Gasteiger partial charge >= 0.3 is 0 Å². The summed E-state index contributed by atoms with van der Waals surface area (Å²) in [6.07, 6.45) is 1.80. The molecular formula is C20H23N5O2S. The summed E-state index contributed by atoms with van der Waals surface area (Å²) in [7, 11) is 0. The van der Waals surface area contributed by atoms with Crippen molar-refractivity contribution in [3.63, 3.8) is 0 Å². The molecule has 3 aromatic rings. The second-order valence-electron chi connectivity index (χ2n) is 6.50. The summed E-state index contributed by atoms with van der Waals surface area (Å²) >= 11 is 1.44. The number of hydrogen-bond acceptors (Lipinski definition) is 6. The van der Waals surface area contributed by atoms with E-state index in [0.717, 1.165) is 40.8 Å². The Kier molecular flexibility index (Phi) is 5.66. The van der Waals surface area contributed by atoms with Gasteiger partial charge in [-0.2, -0.15) is 0 Å². The molecule has 28 heavy (non-hydrogen) atoms. The Morgan fingerprint density at radius 2 is 2.07 bits per heavy atom. The van der Waals surface area contributed by atoms with Gasteiger partial charge in [-0.1, -0.05) is 17.8 Å². The molecule has 1 aliphatic heterocycles. The van der Waals surface area contributed by atoms with Crippen molar-refractivity contribution < 1.29 is 9.53 Å². The largest absolute Gasteiger partial charge is 0.494 e. The van der Waals surface area contributed by atoms with Crippen LogP contribution in [-0.4, -0.2) is 64.3 Å². The number of carbonyl (C=O) groups is 1. The molecule has 1 amide bonds. The number of ether oxygens (including phenoxy) is 1. The quantitative estimate of drug-likeness (QED) is 0.645. The zero-order valence-corrected chi connectivity index (χ0v) is 16.6. The molecule has 0 saturated carbocycles. The fourth-order valence-electron chi connectivity index (χ4n) is 3.24. The van der Waals surface area contributed by atoms with Gasteiger partial charge in [-0.25, -0.2) is 9.97 Å². The number of benzene rings is 1. The number of hydrogen-bond donors (Lipinski definition) is 1. The molecule has 1 saturated heterocycles. The Bertz CT molecular complexity index is 938. The molecule has 1 aromatic carbocycles. The third-order valence-electron chi connectivity index (χ3n) is 4.68. The lowest BCUT2D eigenvalue weighted by atomic mass is 10.3. The minimum atomic E-state index is 0.140. The van der Waals surface area contributed by atoms with E-state index >= 15 is 0 Å². The number of pyridine rings is 1. The number of thioether (sulfide) groups is 1. The Morgan fingerprint density at radius 3 is 2.82 bits per heavy atom. The van der Waals surface area contributed by atoms with E-state index in [0.29, 0.717) is 25.4 Å². The zero-order chi connectivity index (χ0) is 19.3. The Hall–Kier alpha value is -2.74. The number of carbonyl (C=O) groups excluding carboxylic acids is 1. The van der Waals surface area contributed by atoms with Crippen LogP contribution in [0.5, 0.6) is 5.75 Å². The van der Waals surface area contributed by atoms with Gasteiger partial charge in [0.05, 0.1) is 23.4 Å². The van der Waals surface area contributed by atoms with Crippen LogP contribution in [0.15, 0.2) is 47.8 Å². The molecule has 1 N–H and O–H groups in total. The lowest BCUT2D eigenvalue weighted by Crippen LogP contribution is -2.49. The first-order valence-corrected chi connectivity index (χ1v) is 10.4. The van der Waals surface area contributed by atoms with Crippen molar-refractivity contribution in [3.8, 4) is 5.75 Å². The van der Waals surface area contributed by atoms with E-state index in [4.69, 9.17) is 4.74 Å². The van der Waals surface area contributed by atoms with E-state index in [1.807, 2.05) is 48.2 Å². The highest BCUT2D eigenvalue weighted by atomic mass is 32.2. The van der Waals surface area contributed by atoms with E-state index in [-0.39, 0.29) is 5.91 Å². The summed E-state index contributed by atoms with van der Waals surface area (Å²) in [6.45, 7) is 5.63. The molecule has 146 valence electrons. The number of H-pyrrole nitrogens is 1. The first-order valence-electron chi connectivity index (χ1n) is 9.42. The predicted octanol–water partition coefficient (Wildman–Crippen LogP) is 2.80. The van der Waals surface area contributed by atoms with Crippen LogP contribution in [0.1, 0.15) is 6.92 Å². The molecule has 2 aromatic heterocycles. The fraction of sp³-hybridized carbons (Fsp3) is 0.350. The summed E-state index contributed by atoms with van der Waals surface area (Å²) < 4.78 is 5.52. The average molecular weight is 398 g/mol. The number of amides is 1. The van der Waals surface area contributed by atoms with Gasteiger partial charge in [-0.15, -0.1) is 0 Å². The highest BCUT2D eigenvalue weighted by molar-refractivity contribution is 7.99. The summed E-state index contributed by atoms with van der Waals surface area (Å²) in [6, 6.07) is 11.7. The van der Waals surface area contributed by atoms with Gasteiger partial charge in [0, 0.05) is 38.4 Å². The van der Waals surface area contributed by atoms with Gasteiger partial charge in [0.2, 0.25) is 5.91 Å². The number of nitrogens with one attached hydrogen (secondary N) is 1. The maximum atomic E-state index is 12.6. The van der Waals surface area contributed by atoms with Crippen LogP contribution in [0.3, 0.4) is 0 Å². The van der Waals surface area contributed by atoms with Crippen molar-refractivity contribution in [3.05, 3.63) is 42.6 Å². The topological polar surface area (TPSA) is 74.3 Å². The SMILES string of the molecule is CCOc1ccc2nc(SCC(=O)N3CCN(c4ccccn4)CC3)[nH]c2c1. The highest BCUT2D eigenvalue weighted by Crippen LogP contribution is 2.24. The van der Waals surface area contributed by atoms with E-state index < -0.39 is 0 Å². The van der Waals surface area contributed by atoms with Crippen molar-refractivity contribution in [1.82, 2.24) is 19.9 Å². The summed E-state index contributed by atoms with van der Waals surface area (Å²) in [5, 5.41) is 0.754. The third-order valence-corrected chi connectivity index (χ3v) is 5.54. The van der Waals surface area contributed by atoms with Crippen molar-refractivity contribution in [2.24, 2.45) is 0 Å². The molecule has 1 aliphatic rings. The molecule has 1 fully saturated rings. The molecule has 4 rings (SSSR count). The molecule has 0 aliphatic carbocycles. The number of imidazole rings is 1. The normalized spacial score (nSPS) is 14.5. The Labute approximate surface area is 168 Å². The second kappa shape index (κ2) is 8.52. The van der Waals surface area contributed by atoms with Gasteiger partial charge in [0.1, 0.15) is 11.6 Å². The summed E-state index contributed by atoms with van der Waals surface area (Å²) in [5.41, 5.74) is 1.80. The Balaban J connectivity index is 1.30.